The van der Waals surface area contributed by atoms with Crippen LogP contribution in [-0.2, 0) is 16.0 Å². The van der Waals surface area contributed by atoms with Crippen LogP contribution in [0.3, 0.4) is 0 Å². The Kier molecular flexibility index (Phi) is 7.68. The number of hydrogen-bond donors (Lipinski definition) is 1. The largest absolute Gasteiger partial charge is 0.493 e. The number of thiophene rings is 1. The summed E-state index contributed by atoms with van der Waals surface area (Å²) < 4.78 is 19.3. The number of methoxy groups -OCH3 is 1. The molecular formula is C31H28O5S. The number of aliphatic carboxylic acids is 1. The van der Waals surface area contributed by atoms with E-state index in [2.05, 4.69) is 54.6 Å². The van der Waals surface area contributed by atoms with Gasteiger partial charge in [0.05, 0.1) is 13.2 Å². The molecule has 1 heterocycles. The fourth-order valence-electron chi connectivity index (χ4n) is 4.35. The van der Waals surface area contributed by atoms with Gasteiger partial charge in [-0.05, 0) is 47.0 Å². The molecule has 0 bridgehead atoms. The molecule has 0 radical (unpaired) electrons. The van der Waals surface area contributed by atoms with Crippen molar-refractivity contribution >= 4 is 37.5 Å². The minimum absolute atomic E-state index is 0.317. The van der Waals surface area contributed by atoms with Gasteiger partial charge < -0.3 is 19.3 Å². The van der Waals surface area contributed by atoms with E-state index in [1.54, 1.807) is 0 Å². The Morgan fingerprint density at radius 3 is 2.14 bits per heavy atom. The Morgan fingerprint density at radius 2 is 1.46 bits per heavy atom. The number of ether oxygens (including phenoxy) is 3. The Morgan fingerprint density at radius 1 is 0.811 bits per heavy atom. The third-order valence-electron chi connectivity index (χ3n) is 6.30. The van der Waals surface area contributed by atoms with Crippen molar-refractivity contribution in [3.63, 3.8) is 0 Å². The molecule has 1 atom stereocenters. The smallest absolute Gasteiger partial charge is 0.333 e. The van der Waals surface area contributed by atoms with Crippen LogP contribution < -0.4 is 9.47 Å². The molecule has 0 aliphatic heterocycles. The average molecular weight is 513 g/mol. The second kappa shape index (κ2) is 11.5. The van der Waals surface area contributed by atoms with Crippen LogP contribution in [0.1, 0.15) is 12.0 Å². The number of benzene rings is 4. The van der Waals surface area contributed by atoms with E-state index < -0.39 is 12.1 Å². The number of carboxylic acid groups (broad SMARTS) is 1. The van der Waals surface area contributed by atoms with Gasteiger partial charge in [-0.25, -0.2) is 4.79 Å². The van der Waals surface area contributed by atoms with E-state index in [4.69, 9.17) is 19.3 Å². The van der Waals surface area contributed by atoms with Gasteiger partial charge in [-0.2, -0.15) is 0 Å². The summed E-state index contributed by atoms with van der Waals surface area (Å²) in [5.41, 5.74) is 3.30. The quantitative estimate of drug-likeness (QED) is 0.189. The van der Waals surface area contributed by atoms with Crippen LogP contribution in [-0.4, -0.2) is 37.5 Å². The van der Waals surface area contributed by atoms with Crippen molar-refractivity contribution in [1.82, 2.24) is 0 Å². The summed E-state index contributed by atoms with van der Waals surface area (Å²) >= 11 is 1.84. The molecule has 0 saturated carbocycles. The van der Waals surface area contributed by atoms with Crippen molar-refractivity contribution < 1.29 is 24.1 Å². The first kappa shape index (κ1) is 24.8. The monoisotopic (exact) mass is 512 g/mol. The number of rotatable bonds is 11. The highest BCUT2D eigenvalue weighted by molar-refractivity contribution is 7.26. The first-order valence-electron chi connectivity index (χ1n) is 12.2. The van der Waals surface area contributed by atoms with Crippen LogP contribution in [0.25, 0.3) is 31.3 Å². The van der Waals surface area contributed by atoms with Crippen molar-refractivity contribution in [3.05, 3.63) is 96.6 Å². The van der Waals surface area contributed by atoms with E-state index in [1.807, 2.05) is 47.7 Å². The molecule has 0 spiro atoms. The van der Waals surface area contributed by atoms with E-state index in [1.165, 1.54) is 38.4 Å². The summed E-state index contributed by atoms with van der Waals surface area (Å²) in [7, 11) is 1.40. The molecule has 0 amide bonds. The van der Waals surface area contributed by atoms with Crippen molar-refractivity contribution in [2.75, 3.05) is 20.3 Å². The summed E-state index contributed by atoms with van der Waals surface area (Å²) in [5, 5.41) is 11.7. The van der Waals surface area contributed by atoms with Crippen LogP contribution in [0.5, 0.6) is 11.5 Å². The van der Waals surface area contributed by atoms with Crippen LogP contribution >= 0.6 is 11.3 Å². The summed E-state index contributed by atoms with van der Waals surface area (Å²) in [4.78, 5) is 11.1. The first-order chi connectivity index (χ1) is 18.1. The van der Waals surface area contributed by atoms with Gasteiger partial charge >= 0.3 is 5.97 Å². The highest BCUT2D eigenvalue weighted by Gasteiger charge is 2.16. The lowest BCUT2D eigenvalue weighted by Gasteiger charge is -2.11. The second-order valence-corrected chi connectivity index (χ2v) is 9.82. The lowest BCUT2D eigenvalue weighted by atomic mass is 10.0. The number of carboxylic acids is 1. The molecule has 1 aromatic heterocycles. The molecule has 5 rings (SSSR count). The molecular weight excluding hydrogens is 484 g/mol. The van der Waals surface area contributed by atoms with Gasteiger partial charge in [-0.3, -0.25) is 0 Å². The molecule has 5 aromatic rings. The zero-order valence-electron chi connectivity index (χ0n) is 20.6. The number of hydrogen-bond acceptors (Lipinski definition) is 5. The van der Waals surface area contributed by atoms with E-state index in [0.717, 1.165) is 23.5 Å². The van der Waals surface area contributed by atoms with Crippen LogP contribution in [0.4, 0.5) is 0 Å². The number of carbonyl (C=O) groups is 1. The van der Waals surface area contributed by atoms with Crippen LogP contribution in [0.2, 0.25) is 0 Å². The molecule has 1 N–H and O–H groups in total. The molecule has 4 aromatic carbocycles. The van der Waals surface area contributed by atoms with Crippen molar-refractivity contribution in [1.29, 1.82) is 0 Å². The third-order valence-corrected chi connectivity index (χ3v) is 7.52. The Balaban J connectivity index is 1.12. The molecule has 0 fully saturated rings. The predicted molar refractivity (Wildman–Crippen MR) is 149 cm³/mol. The van der Waals surface area contributed by atoms with Gasteiger partial charge in [-0.15, -0.1) is 11.3 Å². The van der Waals surface area contributed by atoms with Gasteiger partial charge in [0.25, 0.3) is 0 Å². The van der Waals surface area contributed by atoms with E-state index in [-0.39, 0.29) is 0 Å². The minimum Gasteiger partial charge on any atom is -0.493 e. The normalized spacial score (nSPS) is 12.0. The fourth-order valence-corrected chi connectivity index (χ4v) is 5.59. The minimum atomic E-state index is -0.967. The van der Waals surface area contributed by atoms with E-state index in [0.29, 0.717) is 19.6 Å². The molecule has 6 heteroatoms. The second-order valence-electron chi connectivity index (χ2n) is 8.77. The average Bonchev–Trinajstić information content (AvgIpc) is 3.31. The highest BCUT2D eigenvalue weighted by atomic mass is 32.1. The topological polar surface area (TPSA) is 65.0 Å². The maximum atomic E-state index is 11.1. The predicted octanol–water partition coefficient (Wildman–Crippen LogP) is 7.21. The molecule has 0 saturated heterocycles. The molecule has 5 nitrogen and oxygen atoms in total. The molecule has 0 aliphatic rings. The Bertz CT molecular complexity index is 1490. The van der Waals surface area contributed by atoms with Gasteiger partial charge in [0.15, 0.2) is 6.10 Å². The Hall–Kier alpha value is -3.87. The van der Waals surface area contributed by atoms with Crippen LogP contribution in [0.15, 0.2) is 91.0 Å². The SMILES string of the molecule is COC(Cc1ccc(OCCCOc2ccc(-c3cccc4c3sc3ccccc34)cc2)cc1)C(=O)O. The van der Waals surface area contributed by atoms with E-state index >= 15 is 0 Å². The summed E-state index contributed by atoms with van der Waals surface area (Å²) in [6, 6.07) is 30.7. The van der Waals surface area contributed by atoms with Gasteiger partial charge in [0, 0.05) is 40.1 Å². The summed E-state index contributed by atoms with van der Waals surface area (Å²) in [6.45, 7) is 1.08. The fraction of sp³-hybridized carbons (Fsp3) is 0.194. The van der Waals surface area contributed by atoms with Crippen LogP contribution in [0, 0.1) is 0 Å². The maximum Gasteiger partial charge on any atom is 0.333 e. The van der Waals surface area contributed by atoms with E-state index in [9.17, 15) is 4.79 Å². The van der Waals surface area contributed by atoms with Crippen molar-refractivity contribution in [2.24, 2.45) is 0 Å². The zero-order chi connectivity index (χ0) is 25.6. The van der Waals surface area contributed by atoms with Gasteiger partial charge in [0.2, 0.25) is 0 Å². The molecule has 1 unspecified atom stereocenters. The Labute approximate surface area is 219 Å². The maximum absolute atomic E-state index is 11.1. The lowest BCUT2D eigenvalue weighted by Crippen LogP contribution is -2.24. The summed E-state index contributed by atoms with van der Waals surface area (Å²) in [5.74, 6) is 0.613. The highest BCUT2D eigenvalue weighted by Crippen LogP contribution is 2.39. The standard InChI is InChI=1S/C31H28O5S/c1-34-28(31(32)33)20-21-10-14-23(15-11-21)35-18-5-19-36-24-16-12-22(13-17-24)25-7-4-8-27-26-6-2-3-9-29(26)37-30(25)27/h2-4,6-17,28H,5,18-20H2,1H3,(H,32,33). The molecule has 0 aliphatic carbocycles. The van der Waals surface area contributed by atoms with Gasteiger partial charge in [0.1, 0.15) is 11.5 Å². The molecule has 188 valence electrons. The zero-order valence-corrected chi connectivity index (χ0v) is 21.4. The lowest BCUT2D eigenvalue weighted by molar-refractivity contribution is -0.148. The number of fused-ring (bicyclic) bond motifs is 3. The summed E-state index contributed by atoms with van der Waals surface area (Å²) in [6.07, 6.45) is 0.218. The third kappa shape index (κ3) is 5.77. The van der Waals surface area contributed by atoms with Crippen molar-refractivity contribution in [3.8, 4) is 22.6 Å². The molecule has 37 heavy (non-hydrogen) atoms. The van der Waals surface area contributed by atoms with Gasteiger partial charge in [-0.1, -0.05) is 60.7 Å². The van der Waals surface area contributed by atoms with Crippen molar-refractivity contribution in [2.45, 2.75) is 18.9 Å². The first-order valence-corrected chi connectivity index (χ1v) is 13.0.